The summed E-state index contributed by atoms with van der Waals surface area (Å²) in [5.74, 6) is -1.57. The fraction of sp³-hybridized carbons (Fsp3) is 0.250. The molecular formula is C8H8F3N3O2S. The van der Waals surface area contributed by atoms with Crippen molar-refractivity contribution in [1.82, 2.24) is 16.2 Å². The van der Waals surface area contributed by atoms with Gasteiger partial charge in [0.25, 0.3) is 0 Å². The number of carbonyl (C=O) groups is 1. The van der Waals surface area contributed by atoms with Gasteiger partial charge in [0.1, 0.15) is 5.76 Å². The molecule has 0 aliphatic heterocycles. The van der Waals surface area contributed by atoms with Crippen LogP contribution < -0.4 is 16.2 Å². The molecule has 17 heavy (non-hydrogen) atoms. The normalized spacial score (nSPS) is 10.8. The maximum atomic E-state index is 11.8. The first kappa shape index (κ1) is 13.3. The van der Waals surface area contributed by atoms with Crippen LogP contribution in [-0.4, -0.2) is 17.2 Å². The van der Waals surface area contributed by atoms with Crippen molar-refractivity contribution in [1.29, 1.82) is 0 Å². The molecule has 1 aromatic rings. The van der Waals surface area contributed by atoms with Crippen molar-refractivity contribution in [3.63, 3.8) is 0 Å². The van der Waals surface area contributed by atoms with E-state index in [-0.39, 0.29) is 11.7 Å². The highest BCUT2D eigenvalue weighted by Crippen LogP contribution is 2.13. The molecule has 0 saturated heterocycles. The number of halogens is 3. The van der Waals surface area contributed by atoms with Crippen molar-refractivity contribution in [3.8, 4) is 0 Å². The summed E-state index contributed by atoms with van der Waals surface area (Å²) in [6, 6.07) is 3.31. The van der Waals surface area contributed by atoms with Crippen LogP contribution in [0.4, 0.5) is 13.2 Å². The molecule has 1 amide bonds. The molecule has 5 nitrogen and oxygen atoms in total. The van der Waals surface area contributed by atoms with E-state index in [1.807, 2.05) is 5.43 Å². The number of hydrazine groups is 1. The number of amides is 1. The summed E-state index contributed by atoms with van der Waals surface area (Å²) in [4.78, 5) is 10.4. The molecule has 0 saturated carbocycles. The average Bonchev–Trinajstić information content (AvgIpc) is 2.74. The lowest BCUT2D eigenvalue weighted by Crippen LogP contribution is -2.50. The second-order valence-electron chi connectivity index (χ2n) is 2.84. The van der Waals surface area contributed by atoms with E-state index < -0.39 is 12.1 Å². The van der Waals surface area contributed by atoms with Gasteiger partial charge in [-0.3, -0.25) is 15.6 Å². The molecule has 9 heteroatoms. The lowest BCUT2D eigenvalue weighted by atomic mass is 10.4. The molecule has 1 rings (SSSR count). The van der Waals surface area contributed by atoms with E-state index in [9.17, 15) is 18.0 Å². The Bertz CT molecular complexity index is 391. The van der Waals surface area contributed by atoms with Gasteiger partial charge in [-0.05, 0) is 24.4 Å². The van der Waals surface area contributed by atoms with Crippen LogP contribution in [0, 0.1) is 0 Å². The third-order valence-corrected chi connectivity index (χ3v) is 1.80. The van der Waals surface area contributed by atoms with Gasteiger partial charge >= 0.3 is 12.1 Å². The van der Waals surface area contributed by atoms with Crippen LogP contribution in [0.3, 0.4) is 0 Å². The summed E-state index contributed by atoms with van der Waals surface area (Å²) in [5.41, 5.74) is 3.31. The molecule has 1 aromatic heterocycles. The SMILES string of the molecule is O=C(NNC(=S)NCc1ccco1)C(F)(F)F. The largest absolute Gasteiger partial charge is 0.472 e. The number of rotatable bonds is 2. The predicted octanol–water partition coefficient (Wildman–Crippen LogP) is 0.837. The zero-order valence-electron chi connectivity index (χ0n) is 8.30. The quantitative estimate of drug-likeness (QED) is 0.547. The van der Waals surface area contributed by atoms with Crippen LogP contribution in [0.25, 0.3) is 0 Å². The maximum Gasteiger partial charge on any atom is 0.472 e. The molecule has 0 aliphatic rings. The van der Waals surface area contributed by atoms with Crippen LogP contribution >= 0.6 is 12.2 Å². The van der Waals surface area contributed by atoms with Crippen molar-refractivity contribution < 1.29 is 22.4 Å². The summed E-state index contributed by atoms with van der Waals surface area (Å²) < 4.78 is 40.3. The first-order valence-electron chi connectivity index (χ1n) is 4.33. The molecule has 0 unspecified atom stereocenters. The second-order valence-corrected chi connectivity index (χ2v) is 3.25. The number of furan rings is 1. The van der Waals surface area contributed by atoms with E-state index in [1.54, 1.807) is 12.1 Å². The first-order chi connectivity index (χ1) is 7.89. The minimum absolute atomic E-state index is 0.154. The van der Waals surface area contributed by atoms with Crippen LogP contribution in [0.5, 0.6) is 0 Å². The van der Waals surface area contributed by atoms with E-state index >= 15 is 0 Å². The summed E-state index contributed by atoms with van der Waals surface area (Å²) in [5, 5.41) is 2.38. The average molecular weight is 267 g/mol. The van der Waals surface area contributed by atoms with Crippen molar-refractivity contribution >= 4 is 23.2 Å². The molecule has 0 aliphatic carbocycles. The molecule has 0 aromatic carbocycles. The lowest BCUT2D eigenvalue weighted by Gasteiger charge is -2.11. The maximum absolute atomic E-state index is 11.8. The third kappa shape index (κ3) is 4.72. The number of hydrogen-bond acceptors (Lipinski definition) is 3. The van der Waals surface area contributed by atoms with E-state index in [2.05, 4.69) is 17.5 Å². The van der Waals surface area contributed by atoms with E-state index in [4.69, 9.17) is 4.42 Å². The summed E-state index contributed by atoms with van der Waals surface area (Å²) in [6.07, 6.45) is -3.51. The lowest BCUT2D eigenvalue weighted by molar-refractivity contribution is -0.174. The molecule has 0 atom stereocenters. The topological polar surface area (TPSA) is 66.3 Å². The molecule has 1 heterocycles. The van der Waals surface area contributed by atoms with Gasteiger partial charge in [-0.15, -0.1) is 0 Å². The Labute approximate surface area is 99.3 Å². The molecule has 0 bridgehead atoms. The van der Waals surface area contributed by atoms with Crippen molar-refractivity contribution in [2.24, 2.45) is 0 Å². The van der Waals surface area contributed by atoms with E-state index in [1.165, 1.54) is 11.7 Å². The zero-order valence-corrected chi connectivity index (χ0v) is 9.11. The number of carbonyl (C=O) groups excluding carboxylic acids is 1. The highest BCUT2D eigenvalue weighted by atomic mass is 32.1. The van der Waals surface area contributed by atoms with Crippen LogP contribution in [0.1, 0.15) is 5.76 Å². The highest BCUT2D eigenvalue weighted by molar-refractivity contribution is 7.80. The number of thiocarbonyl (C=S) groups is 1. The van der Waals surface area contributed by atoms with E-state index in [0.29, 0.717) is 5.76 Å². The first-order valence-corrected chi connectivity index (χ1v) is 4.74. The summed E-state index contributed by atoms with van der Waals surface area (Å²) in [6.45, 7) is 0.195. The van der Waals surface area contributed by atoms with Gasteiger partial charge in [-0.2, -0.15) is 13.2 Å². The van der Waals surface area contributed by atoms with Crippen LogP contribution in [-0.2, 0) is 11.3 Å². The zero-order chi connectivity index (χ0) is 12.9. The van der Waals surface area contributed by atoms with Crippen molar-refractivity contribution in [3.05, 3.63) is 24.2 Å². The minimum Gasteiger partial charge on any atom is -0.467 e. The summed E-state index contributed by atoms with van der Waals surface area (Å²) in [7, 11) is 0. The monoisotopic (exact) mass is 267 g/mol. The van der Waals surface area contributed by atoms with Gasteiger partial charge in [0.05, 0.1) is 12.8 Å². The van der Waals surface area contributed by atoms with Crippen molar-refractivity contribution in [2.75, 3.05) is 0 Å². The van der Waals surface area contributed by atoms with Gasteiger partial charge < -0.3 is 9.73 Å². The summed E-state index contributed by atoms with van der Waals surface area (Å²) >= 11 is 4.62. The Balaban J connectivity index is 2.24. The fourth-order valence-corrected chi connectivity index (χ4v) is 0.932. The number of hydrogen-bond donors (Lipinski definition) is 3. The second kappa shape index (κ2) is 5.53. The van der Waals surface area contributed by atoms with Gasteiger partial charge in [-0.1, -0.05) is 0 Å². The molecular weight excluding hydrogens is 259 g/mol. The third-order valence-electron chi connectivity index (χ3n) is 1.55. The Morgan fingerprint density at radius 1 is 1.41 bits per heavy atom. The van der Waals surface area contributed by atoms with Gasteiger partial charge in [0.15, 0.2) is 5.11 Å². The Morgan fingerprint density at radius 2 is 2.12 bits per heavy atom. The number of nitrogens with one attached hydrogen (secondary N) is 3. The smallest absolute Gasteiger partial charge is 0.467 e. The van der Waals surface area contributed by atoms with Crippen LogP contribution in [0.2, 0.25) is 0 Å². The molecule has 3 N–H and O–H groups in total. The fourth-order valence-electron chi connectivity index (χ4n) is 0.809. The van der Waals surface area contributed by atoms with Gasteiger partial charge in [0, 0.05) is 0 Å². The Hall–Kier alpha value is -1.77. The highest BCUT2D eigenvalue weighted by Gasteiger charge is 2.38. The van der Waals surface area contributed by atoms with Crippen LogP contribution in [0.15, 0.2) is 22.8 Å². The Kier molecular flexibility index (Phi) is 4.32. The van der Waals surface area contributed by atoms with Gasteiger partial charge in [-0.25, -0.2) is 0 Å². The van der Waals surface area contributed by atoms with Gasteiger partial charge in [0.2, 0.25) is 0 Å². The predicted molar refractivity (Wildman–Crippen MR) is 55.5 cm³/mol. The molecule has 0 spiro atoms. The standard InChI is InChI=1S/C8H8F3N3O2S/c9-8(10,11)6(15)13-14-7(17)12-4-5-2-1-3-16-5/h1-3H,4H2,(H,13,15)(H2,12,14,17). The Morgan fingerprint density at radius 3 is 2.65 bits per heavy atom. The number of alkyl halides is 3. The minimum atomic E-state index is -4.95. The van der Waals surface area contributed by atoms with Crippen molar-refractivity contribution in [2.45, 2.75) is 12.7 Å². The molecule has 0 radical (unpaired) electrons. The molecule has 0 fully saturated rings. The van der Waals surface area contributed by atoms with E-state index in [0.717, 1.165) is 0 Å². The molecule has 94 valence electrons.